The molecule has 0 spiro atoms. The van der Waals surface area contributed by atoms with Gasteiger partial charge in [-0.25, -0.2) is 0 Å². The number of nitrogens with two attached hydrogens (primary N) is 1. The summed E-state index contributed by atoms with van der Waals surface area (Å²) < 4.78 is 12.1. The fraction of sp³-hybridized carbons (Fsp3) is 0.533. The largest absolute Gasteiger partial charge is 0.494 e. The summed E-state index contributed by atoms with van der Waals surface area (Å²) in [4.78, 5) is 2.56. The first-order chi connectivity index (χ1) is 17.1. The van der Waals surface area contributed by atoms with E-state index in [0.29, 0.717) is 12.3 Å². The molecule has 1 unspecified atom stereocenters. The third-order valence-electron chi connectivity index (χ3n) is 6.60. The number of anilines is 1. The van der Waals surface area contributed by atoms with Gasteiger partial charge in [-0.2, -0.15) is 0 Å². The van der Waals surface area contributed by atoms with Crippen LogP contribution in [-0.2, 0) is 6.42 Å². The van der Waals surface area contributed by atoms with Crippen LogP contribution in [0.5, 0.6) is 5.75 Å². The van der Waals surface area contributed by atoms with Crippen molar-refractivity contribution >= 4 is 16.7 Å². The van der Waals surface area contributed by atoms with E-state index in [-0.39, 0.29) is 0 Å². The van der Waals surface area contributed by atoms with Crippen molar-refractivity contribution in [2.24, 2.45) is 0 Å². The Morgan fingerprint density at radius 2 is 1.54 bits per heavy atom. The molecule has 0 bridgehead atoms. The van der Waals surface area contributed by atoms with Crippen LogP contribution in [0.25, 0.3) is 11.0 Å². The maximum atomic E-state index is 11.3. The van der Waals surface area contributed by atoms with Crippen molar-refractivity contribution in [2.45, 2.75) is 78.2 Å². The van der Waals surface area contributed by atoms with Gasteiger partial charge in [0.1, 0.15) is 23.2 Å². The second-order valence-electron chi connectivity index (χ2n) is 9.52. The standard InChI is InChI=1S/C30H44N2O3/c1-4-7-11-28-29(26-22-24(31)14-17-27(26)35-28)30(33)23-12-15-25(16-13-23)34-21-10-20-32(18-8-5-2)19-9-6-3/h12-17,22,30,33H,4-11,18-21,31H2,1-3H3. The zero-order valence-corrected chi connectivity index (χ0v) is 21.9. The van der Waals surface area contributed by atoms with E-state index in [4.69, 9.17) is 14.9 Å². The molecule has 0 radical (unpaired) electrons. The average Bonchev–Trinajstić information content (AvgIpc) is 3.23. The molecule has 0 aliphatic carbocycles. The van der Waals surface area contributed by atoms with E-state index in [0.717, 1.165) is 65.8 Å². The van der Waals surface area contributed by atoms with E-state index in [9.17, 15) is 5.11 Å². The second-order valence-corrected chi connectivity index (χ2v) is 9.52. The molecule has 3 rings (SSSR count). The third kappa shape index (κ3) is 7.74. The van der Waals surface area contributed by atoms with Crippen LogP contribution in [0.15, 0.2) is 46.9 Å². The summed E-state index contributed by atoms with van der Waals surface area (Å²) in [5.41, 5.74) is 9.13. The number of aliphatic hydroxyl groups is 1. The minimum absolute atomic E-state index is 0.667. The number of benzene rings is 2. The molecular weight excluding hydrogens is 436 g/mol. The second kappa shape index (κ2) is 14.2. The minimum atomic E-state index is -0.773. The van der Waals surface area contributed by atoms with Gasteiger partial charge in [0.15, 0.2) is 0 Å². The fourth-order valence-corrected chi connectivity index (χ4v) is 4.50. The van der Waals surface area contributed by atoms with Crippen molar-refractivity contribution in [1.82, 2.24) is 4.90 Å². The topological polar surface area (TPSA) is 71.9 Å². The van der Waals surface area contributed by atoms with Gasteiger partial charge in [-0.15, -0.1) is 0 Å². The summed E-state index contributed by atoms with van der Waals surface area (Å²) >= 11 is 0. The SMILES string of the molecule is CCCCc1oc2ccc(N)cc2c1C(O)c1ccc(OCCCN(CCCC)CCCC)cc1. The lowest BCUT2D eigenvalue weighted by molar-refractivity contribution is 0.217. The van der Waals surface area contributed by atoms with Crippen LogP contribution in [0, 0.1) is 0 Å². The molecule has 5 nitrogen and oxygen atoms in total. The summed E-state index contributed by atoms with van der Waals surface area (Å²) in [5.74, 6) is 1.68. The Balaban J connectivity index is 1.62. The van der Waals surface area contributed by atoms with Crippen LogP contribution in [0.3, 0.4) is 0 Å². The molecule has 0 saturated carbocycles. The summed E-state index contributed by atoms with van der Waals surface area (Å²) in [6, 6.07) is 13.4. The van der Waals surface area contributed by atoms with Gasteiger partial charge in [-0.1, -0.05) is 52.2 Å². The molecule has 5 heteroatoms. The van der Waals surface area contributed by atoms with Crippen LogP contribution in [0.1, 0.15) is 88.7 Å². The number of rotatable bonds is 16. The molecule has 0 saturated heterocycles. The number of fused-ring (bicyclic) bond motifs is 1. The number of nitrogens with zero attached hydrogens (tertiary/aromatic N) is 1. The summed E-state index contributed by atoms with van der Waals surface area (Å²) in [5, 5.41) is 12.2. The van der Waals surface area contributed by atoms with E-state index in [2.05, 4.69) is 25.7 Å². The monoisotopic (exact) mass is 480 g/mol. The Morgan fingerprint density at radius 3 is 2.20 bits per heavy atom. The molecule has 192 valence electrons. The van der Waals surface area contributed by atoms with Crippen LogP contribution in [0.4, 0.5) is 5.69 Å². The van der Waals surface area contributed by atoms with Gasteiger partial charge in [-0.3, -0.25) is 0 Å². The highest BCUT2D eigenvalue weighted by Crippen LogP contribution is 2.36. The predicted molar refractivity (Wildman–Crippen MR) is 146 cm³/mol. The Hall–Kier alpha value is -2.50. The lowest BCUT2D eigenvalue weighted by Gasteiger charge is -2.21. The van der Waals surface area contributed by atoms with E-state index < -0.39 is 6.10 Å². The van der Waals surface area contributed by atoms with E-state index in [1.54, 1.807) is 0 Å². The Bertz CT molecular complexity index is 1000. The Morgan fingerprint density at radius 1 is 0.886 bits per heavy atom. The molecule has 1 atom stereocenters. The normalized spacial score (nSPS) is 12.5. The smallest absolute Gasteiger partial charge is 0.134 e. The van der Waals surface area contributed by atoms with Gasteiger partial charge < -0.3 is 24.9 Å². The molecule has 2 aromatic carbocycles. The molecule has 3 N–H and O–H groups in total. The quantitative estimate of drug-likeness (QED) is 0.169. The van der Waals surface area contributed by atoms with Crippen LogP contribution in [-0.4, -0.2) is 36.2 Å². The summed E-state index contributed by atoms with van der Waals surface area (Å²) in [6.07, 6.45) is 8.10. The van der Waals surface area contributed by atoms with Gasteiger partial charge in [0.25, 0.3) is 0 Å². The first kappa shape index (κ1) is 27.1. The number of hydrogen-bond acceptors (Lipinski definition) is 5. The van der Waals surface area contributed by atoms with Gasteiger partial charge in [0.05, 0.1) is 6.61 Å². The van der Waals surface area contributed by atoms with E-state index in [1.165, 1.54) is 38.8 Å². The van der Waals surface area contributed by atoms with Crippen molar-refractivity contribution in [2.75, 3.05) is 32.0 Å². The molecule has 0 aliphatic rings. The average molecular weight is 481 g/mol. The number of nitrogen functional groups attached to an aromatic ring is 1. The molecule has 0 fully saturated rings. The molecule has 0 amide bonds. The van der Waals surface area contributed by atoms with Crippen LogP contribution in [0.2, 0.25) is 0 Å². The van der Waals surface area contributed by atoms with E-state index in [1.807, 2.05) is 42.5 Å². The van der Waals surface area contributed by atoms with Crippen molar-refractivity contribution in [1.29, 1.82) is 0 Å². The van der Waals surface area contributed by atoms with Crippen LogP contribution >= 0.6 is 0 Å². The maximum absolute atomic E-state index is 11.3. The van der Waals surface area contributed by atoms with Gasteiger partial charge in [-0.05, 0) is 74.7 Å². The lowest BCUT2D eigenvalue weighted by atomic mass is 9.96. The number of hydrogen-bond donors (Lipinski definition) is 2. The highest BCUT2D eigenvalue weighted by molar-refractivity contribution is 5.86. The number of ether oxygens (including phenoxy) is 1. The minimum Gasteiger partial charge on any atom is -0.494 e. The molecule has 3 aromatic rings. The number of unbranched alkanes of at least 4 members (excludes halogenated alkanes) is 3. The van der Waals surface area contributed by atoms with Crippen LogP contribution < -0.4 is 10.5 Å². The molecular formula is C30H44N2O3. The number of furan rings is 1. The zero-order valence-electron chi connectivity index (χ0n) is 21.9. The van der Waals surface area contributed by atoms with E-state index >= 15 is 0 Å². The van der Waals surface area contributed by atoms with Gasteiger partial charge in [0.2, 0.25) is 0 Å². The molecule has 35 heavy (non-hydrogen) atoms. The summed E-state index contributed by atoms with van der Waals surface area (Å²) in [7, 11) is 0. The first-order valence-corrected chi connectivity index (χ1v) is 13.5. The first-order valence-electron chi connectivity index (χ1n) is 13.5. The van der Waals surface area contributed by atoms with Crippen molar-refractivity contribution in [3.63, 3.8) is 0 Å². The van der Waals surface area contributed by atoms with Gasteiger partial charge >= 0.3 is 0 Å². The molecule has 0 aliphatic heterocycles. The highest BCUT2D eigenvalue weighted by Gasteiger charge is 2.22. The van der Waals surface area contributed by atoms with Crippen molar-refractivity contribution in [3.8, 4) is 5.75 Å². The Labute approximate surface area is 211 Å². The fourth-order valence-electron chi connectivity index (χ4n) is 4.50. The number of aliphatic hydroxyl groups excluding tert-OH is 1. The maximum Gasteiger partial charge on any atom is 0.134 e. The third-order valence-corrected chi connectivity index (χ3v) is 6.60. The highest BCUT2D eigenvalue weighted by atomic mass is 16.5. The lowest BCUT2D eigenvalue weighted by Crippen LogP contribution is -2.28. The van der Waals surface area contributed by atoms with Crippen molar-refractivity contribution in [3.05, 3.63) is 59.4 Å². The number of aryl methyl sites for hydroxylation is 1. The zero-order chi connectivity index (χ0) is 25.0. The van der Waals surface area contributed by atoms with Crippen molar-refractivity contribution < 1.29 is 14.3 Å². The Kier molecular flexibility index (Phi) is 11.0. The predicted octanol–water partition coefficient (Wildman–Crippen LogP) is 7.11. The molecule has 1 heterocycles. The van der Waals surface area contributed by atoms with Gasteiger partial charge in [0, 0.05) is 29.6 Å². The molecule has 1 aromatic heterocycles. The summed E-state index contributed by atoms with van der Waals surface area (Å²) in [6.45, 7) is 10.8.